The molecule has 2 aromatic rings. The molecule has 4 rings (SSSR count). The molecule has 0 radical (unpaired) electrons. The van der Waals surface area contributed by atoms with Crippen LogP contribution in [-0.4, -0.2) is 79.1 Å². The predicted molar refractivity (Wildman–Crippen MR) is 161 cm³/mol. The number of amides is 2. The Morgan fingerprint density at radius 3 is 2.46 bits per heavy atom. The summed E-state index contributed by atoms with van der Waals surface area (Å²) in [5, 5.41) is 3.79. The summed E-state index contributed by atoms with van der Waals surface area (Å²) in [7, 11) is 1.43. The highest BCUT2D eigenvalue weighted by atomic mass is 32.1. The van der Waals surface area contributed by atoms with Crippen LogP contribution in [0.4, 0.5) is 9.93 Å². The van der Waals surface area contributed by atoms with Crippen LogP contribution in [0.5, 0.6) is 0 Å². The molecule has 1 saturated carbocycles. The number of benzene rings is 1. The second kappa shape index (κ2) is 16.2. The fraction of sp³-hybridized carbons (Fsp3) is 0.645. The molecule has 2 amide bonds. The van der Waals surface area contributed by atoms with Gasteiger partial charge < -0.3 is 19.1 Å². The number of methoxy groups -OCH3 is 1. The Balaban J connectivity index is 1.37. The Morgan fingerprint density at radius 2 is 1.78 bits per heavy atom. The summed E-state index contributed by atoms with van der Waals surface area (Å²) in [6.45, 7) is 8.15. The van der Waals surface area contributed by atoms with Crippen LogP contribution in [0, 0.1) is 5.92 Å². The lowest BCUT2D eigenvalue weighted by Crippen LogP contribution is -2.49. The third-order valence-electron chi connectivity index (χ3n) is 8.11. The zero-order valence-corrected chi connectivity index (χ0v) is 25.6. The summed E-state index contributed by atoms with van der Waals surface area (Å²) >= 11 is 1.60. The third-order valence-corrected chi connectivity index (χ3v) is 9.19. The van der Waals surface area contributed by atoms with Crippen LogP contribution in [-0.2, 0) is 38.4 Å². The molecule has 0 atom stereocenters. The van der Waals surface area contributed by atoms with Crippen molar-refractivity contribution in [3.8, 4) is 0 Å². The van der Waals surface area contributed by atoms with Gasteiger partial charge >= 0.3 is 12.0 Å². The SMILES string of the molecule is CCOC(CN(C(=O)Nc1nc2c(s1)CCN(Cc1ccccc1)CC2)[C@H]1CC[C@H](CCC(=O)OC)CC1)OCC. The Kier molecular flexibility index (Phi) is 12.4. The van der Waals surface area contributed by atoms with E-state index in [1.807, 2.05) is 18.7 Å². The molecule has 41 heavy (non-hydrogen) atoms. The van der Waals surface area contributed by atoms with Crippen LogP contribution >= 0.6 is 11.3 Å². The molecule has 0 spiro atoms. The second-order valence-electron chi connectivity index (χ2n) is 10.9. The number of thiazole rings is 1. The molecule has 0 saturated heterocycles. The number of nitrogens with one attached hydrogen (secondary N) is 1. The molecule has 10 heteroatoms. The van der Waals surface area contributed by atoms with E-state index in [9.17, 15) is 9.59 Å². The van der Waals surface area contributed by atoms with Crippen LogP contribution in [0.15, 0.2) is 30.3 Å². The van der Waals surface area contributed by atoms with Gasteiger partial charge in [0.05, 0.1) is 19.3 Å². The maximum absolute atomic E-state index is 13.7. The molecule has 9 nitrogen and oxygen atoms in total. The molecule has 1 N–H and O–H groups in total. The van der Waals surface area contributed by atoms with Crippen molar-refractivity contribution in [3.63, 3.8) is 0 Å². The number of ether oxygens (including phenoxy) is 3. The number of aromatic nitrogens is 1. The van der Waals surface area contributed by atoms with Crippen molar-refractivity contribution in [2.45, 2.75) is 84.1 Å². The summed E-state index contributed by atoms with van der Waals surface area (Å²) in [5.74, 6) is 0.316. The molecule has 2 aliphatic rings. The number of urea groups is 1. The van der Waals surface area contributed by atoms with Gasteiger partial charge in [-0.3, -0.25) is 15.0 Å². The quantitative estimate of drug-likeness (QED) is 0.245. The number of hydrogen-bond acceptors (Lipinski definition) is 8. The molecule has 1 aromatic heterocycles. The summed E-state index contributed by atoms with van der Waals surface area (Å²) < 4.78 is 16.5. The van der Waals surface area contributed by atoms with E-state index >= 15 is 0 Å². The van der Waals surface area contributed by atoms with Crippen LogP contribution in [0.1, 0.15) is 68.5 Å². The van der Waals surface area contributed by atoms with Gasteiger partial charge in [0.25, 0.3) is 0 Å². The average molecular weight is 587 g/mol. The van der Waals surface area contributed by atoms with Crippen molar-refractivity contribution < 1.29 is 23.8 Å². The number of anilines is 1. The molecule has 1 fully saturated rings. The van der Waals surface area contributed by atoms with Gasteiger partial charge in [0.15, 0.2) is 11.4 Å². The van der Waals surface area contributed by atoms with Gasteiger partial charge in [-0.25, -0.2) is 9.78 Å². The molecule has 0 bridgehead atoms. The van der Waals surface area contributed by atoms with Crippen LogP contribution in [0.2, 0.25) is 0 Å². The average Bonchev–Trinajstić information content (AvgIpc) is 3.28. The first kappa shape index (κ1) is 31.4. The van der Waals surface area contributed by atoms with Crippen LogP contribution in [0.3, 0.4) is 0 Å². The highest BCUT2D eigenvalue weighted by molar-refractivity contribution is 7.15. The Bertz CT molecular complexity index is 1060. The lowest BCUT2D eigenvalue weighted by atomic mass is 9.83. The smallest absolute Gasteiger partial charge is 0.324 e. The van der Waals surface area contributed by atoms with Crippen molar-refractivity contribution in [3.05, 3.63) is 46.5 Å². The highest BCUT2D eigenvalue weighted by Gasteiger charge is 2.32. The first-order chi connectivity index (χ1) is 20.0. The predicted octanol–water partition coefficient (Wildman–Crippen LogP) is 5.49. The van der Waals surface area contributed by atoms with Crippen molar-refractivity contribution in [1.82, 2.24) is 14.8 Å². The Labute approximate surface area is 248 Å². The molecule has 1 aliphatic carbocycles. The van der Waals surface area contributed by atoms with E-state index in [0.717, 1.165) is 70.3 Å². The van der Waals surface area contributed by atoms with E-state index < -0.39 is 6.29 Å². The maximum atomic E-state index is 13.7. The van der Waals surface area contributed by atoms with Gasteiger partial charge in [-0.2, -0.15) is 0 Å². The number of carbonyl (C=O) groups is 2. The Hall–Kier alpha value is -2.53. The number of rotatable bonds is 13. The Morgan fingerprint density at radius 1 is 1.07 bits per heavy atom. The minimum Gasteiger partial charge on any atom is -0.469 e. The number of carbonyl (C=O) groups excluding carboxylic acids is 2. The maximum Gasteiger partial charge on any atom is 0.324 e. The largest absolute Gasteiger partial charge is 0.469 e. The van der Waals surface area contributed by atoms with Gasteiger partial charge in [-0.05, 0) is 63.9 Å². The first-order valence-electron chi connectivity index (χ1n) is 15.1. The first-order valence-corrected chi connectivity index (χ1v) is 15.9. The van der Waals surface area contributed by atoms with Crippen molar-refractivity contribution in [1.29, 1.82) is 0 Å². The van der Waals surface area contributed by atoms with Crippen molar-refractivity contribution in [2.24, 2.45) is 5.92 Å². The van der Waals surface area contributed by atoms with Crippen LogP contribution < -0.4 is 5.32 Å². The lowest BCUT2D eigenvalue weighted by Gasteiger charge is -2.38. The topological polar surface area (TPSA) is 93.2 Å². The van der Waals surface area contributed by atoms with E-state index in [0.29, 0.717) is 37.2 Å². The standard InChI is InChI=1S/C31H46N4O5S/c1-4-39-29(40-5-2)22-35(25-14-11-23(12-15-25)13-16-28(36)38-3)31(37)33-30-32-26-17-19-34(20-18-27(26)41-30)21-24-9-7-6-8-10-24/h6-10,23,25,29H,4-5,11-22H2,1-3H3,(H,32,33,37)/t23-,25-. The molecule has 1 aliphatic heterocycles. The summed E-state index contributed by atoms with van der Waals surface area (Å²) in [4.78, 5) is 35.8. The van der Waals surface area contributed by atoms with Gasteiger partial charge in [0.1, 0.15) is 0 Å². The molecule has 0 unspecified atom stereocenters. The van der Waals surface area contributed by atoms with E-state index in [4.69, 9.17) is 19.2 Å². The fourth-order valence-corrected chi connectivity index (χ4v) is 6.87. The van der Waals surface area contributed by atoms with E-state index in [-0.39, 0.29) is 18.0 Å². The van der Waals surface area contributed by atoms with E-state index in [1.54, 1.807) is 11.3 Å². The summed E-state index contributed by atoms with van der Waals surface area (Å²) in [6.07, 6.45) is 6.35. The lowest BCUT2D eigenvalue weighted by molar-refractivity contribution is -0.146. The number of esters is 1. The molecular formula is C31H46N4O5S. The number of nitrogens with zero attached hydrogens (tertiary/aromatic N) is 3. The number of hydrogen-bond donors (Lipinski definition) is 1. The van der Waals surface area contributed by atoms with Crippen LogP contribution in [0.25, 0.3) is 0 Å². The summed E-state index contributed by atoms with van der Waals surface area (Å²) in [5.41, 5.74) is 2.42. The van der Waals surface area contributed by atoms with Gasteiger partial charge in [-0.15, -0.1) is 11.3 Å². The second-order valence-corrected chi connectivity index (χ2v) is 11.9. The van der Waals surface area contributed by atoms with Crippen molar-refractivity contribution >= 4 is 28.5 Å². The molecule has 1 aromatic carbocycles. The summed E-state index contributed by atoms with van der Waals surface area (Å²) in [6, 6.07) is 10.5. The minimum atomic E-state index is -0.476. The fourth-order valence-electron chi connectivity index (χ4n) is 5.88. The minimum absolute atomic E-state index is 0.0807. The zero-order valence-electron chi connectivity index (χ0n) is 24.8. The molecular weight excluding hydrogens is 540 g/mol. The highest BCUT2D eigenvalue weighted by Crippen LogP contribution is 2.32. The third kappa shape index (κ3) is 9.49. The van der Waals surface area contributed by atoms with E-state index in [1.165, 1.54) is 17.6 Å². The van der Waals surface area contributed by atoms with Gasteiger partial charge in [-0.1, -0.05) is 30.3 Å². The molecule has 2 heterocycles. The molecule has 226 valence electrons. The van der Waals surface area contributed by atoms with Gasteiger partial charge in [0, 0.05) is 56.6 Å². The van der Waals surface area contributed by atoms with E-state index in [2.05, 4.69) is 40.5 Å². The monoisotopic (exact) mass is 586 g/mol. The van der Waals surface area contributed by atoms with Gasteiger partial charge in [0.2, 0.25) is 0 Å². The number of fused-ring (bicyclic) bond motifs is 1. The normalized spacial score (nSPS) is 19.4. The van der Waals surface area contributed by atoms with Crippen molar-refractivity contribution in [2.75, 3.05) is 45.3 Å². The zero-order chi connectivity index (χ0) is 29.0.